The molecule has 0 aromatic rings. The second-order valence-electron chi connectivity index (χ2n) is 6.12. The summed E-state index contributed by atoms with van der Waals surface area (Å²) in [7, 11) is 0. The van der Waals surface area contributed by atoms with Crippen LogP contribution in [0.3, 0.4) is 0 Å². The van der Waals surface area contributed by atoms with Crippen molar-refractivity contribution in [3.63, 3.8) is 0 Å². The van der Waals surface area contributed by atoms with E-state index in [-0.39, 0.29) is 5.41 Å². The molecule has 0 saturated carbocycles. The van der Waals surface area contributed by atoms with Crippen molar-refractivity contribution in [1.82, 2.24) is 0 Å². The second-order valence-corrected chi connectivity index (χ2v) is 6.12. The molecule has 1 atom stereocenters. The highest BCUT2D eigenvalue weighted by atomic mass is 16.3. The van der Waals surface area contributed by atoms with Crippen LogP contribution in [0, 0.1) is 11.3 Å². The minimum atomic E-state index is -0.491. The van der Waals surface area contributed by atoms with Gasteiger partial charge >= 0.3 is 0 Å². The van der Waals surface area contributed by atoms with Gasteiger partial charge in [0.25, 0.3) is 0 Å². The van der Waals surface area contributed by atoms with E-state index in [1.165, 1.54) is 12.8 Å². The number of aliphatic hydroxyl groups is 1. The van der Waals surface area contributed by atoms with Crippen molar-refractivity contribution in [3.8, 4) is 0 Å². The number of hydrogen-bond donors (Lipinski definition) is 1. The van der Waals surface area contributed by atoms with Crippen LogP contribution in [0.5, 0.6) is 0 Å². The van der Waals surface area contributed by atoms with Gasteiger partial charge in [0.05, 0.1) is 5.60 Å². The van der Waals surface area contributed by atoms with Gasteiger partial charge in [-0.1, -0.05) is 47.5 Å². The van der Waals surface area contributed by atoms with Gasteiger partial charge in [0.15, 0.2) is 0 Å². The molecule has 0 amide bonds. The summed E-state index contributed by atoms with van der Waals surface area (Å²) in [6.45, 7) is 13.0. The Balaban J connectivity index is 4.18. The van der Waals surface area contributed by atoms with Crippen molar-refractivity contribution in [2.75, 3.05) is 0 Å². The molecule has 0 rings (SSSR count). The fraction of sp³-hybridized carbons (Fsp3) is 1.00. The maximum absolute atomic E-state index is 10.3. The molecule has 0 spiro atoms. The molecule has 0 aromatic carbocycles. The van der Waals surface area contributed by atoms with Gasteiger partial charge in [0.2, 0.25) is 0 Å². The third-order valence-electron chi connectivity index (χ3n) is 2.79. The molecule has 0 fully saturated rings. The fourth-order valence-electron chi connectivity index (χ4n) is 2.41. The summed E-state index contributed by atoms with van der Waals surface area (Å²) in [6.07, 6.45) is 4.18. The Bertz CT molecular complexity index is 149. The van der Waals surface area contributed by atoms with Gasteiger partial charge in [-0.15, -0.1) is 0 Å². The number of hydrogen-bond acceptors (Lipinski definition) is 1. The van der Waals surface area contributed by atoms with Gasteiger partial charge < -0.3 is 5.11 Å². The minimum Gasteiger partial charge on any atom is -0.390 e. The van der Waals surface area contributed by atoms with E-state index in [1.807, 2.05) is 6.92 Å². The van der Waals surface area contributed by atoms with Gasteiger partial charge in [-0.25, -0.2) is 0 Å². The van der Waals surface area contributed by atoms with Crippen molar-refractivity contribution in [2.45, 2.75) is 72.8 Å². The van der Waals surface area contributed by atoms with Crippen LogP contribution in [-0.2, 0) is 0 Å². The van der Waals surface area contributed by atoms with E-state index in [0.717, 1.165) is 12.8 Å². The van der Waals surface area contributed by atoms with Crippen LogP contribution in [0.1, 0.15) is 67.2 Å². The predicted octanol–water partition coefficient (Wildman–Crippen LogP) is 4.00. The van der Waals surface area contributed by atoms with E-state index < -0.39 is 5.60 Å². The zero-order chi connectivity index (χ0) is 11.4. The SMILES string of the molecule is CCC(CC)CC(C)(O)CC(C)(C)C. The van der Waals surface area contributed by atoms with E-state index in [9.17, 15) is 5.11 Å². The van der Waals surface area contributed by atoms with Crippen molar-refractivity contribution in [1.29, 1.82) is 0 Å². The molecular formula is C13H28O. The lowest BCUT2D eigenvalue weighted by Gasteiger charge is -2.33. The minimum absolute atomic E-state index is 0.218. The summed E-state index contributed by atoms with van der Waals surface area (Å²) in [4.78, 5) is 0. The molecule has 14 heavy (non-hydrogen) atoms. The predicted molar refractivity (Wildman–Crippen MR) is 63.4 cm³/mol. The smallest absolute Gasteiger partial charge is 0.0627 e. The van der Waals surface area contributed by atoms with Crippen molar-refractivity contribution >= 4 is 0 Å². The Labute approximate surface area is 89.9 Å². The summed E-state index contributed by atoms with van der Waals surface area (Å²) in [5.74, 6) is 0.673. The zero-order valence-electron chi connectivity index (χ0n) is 10.9. The van der Waals surface area contributed by atoms with Crippen LogP contribution in [0.2, 0.25) is 0 Å². The van der Waals surface area contributed by atoms with Crippen molar-refractivity contribution in [2.24, 2.45) is 11.3 Å². The van der Waals surface area contributed by atoms with Crippen LogP contribution in [0.4, 0.5) is 0 Å². The summed E-state index contributed by atoms with van der Waals surface area (Å²) in [5, 5.41) is 10.3. The van der Waals surface area contributed by atoms with Crippen LogP contribution in [0.15, 0.2) is 0 Å². The summed E-state index contributed by atoms with van der Waals surface area (Å²) < 4.78 is 0. The normalized spacial score (nSPS) is 17.1. The average molecular weight is 200 g/mol. The summed E-state index contributed by atoms with van der Waals surface area (Å²) >= 11 is 0. The monoisotopic (exact) mass is 200 g/mol. The topological polar surface area (TPSA) is 20.2 Å². The molecule has 1 N–H and O–H groups in total. The fourth-order valence-corrected chi connectivity index (χ4v) is 2.41. The van der Waals surface area contributed by atoms with Gasteiger partial charge in [0.1, 0.15) is 0 Å². The molecule has 0 radical (unpaired) electrons. The molecule has 0 bridgehead atoms. The van der Waals surface area contributed by atoms with E-state index in [1.54, 1.807) is 0 Å². The molecular weight excluding hydrogens is 172 g/mol. The highest BCUT2D eigenvalue weighted by Gasteiger charge is 2.29. The van der Waals surface area contributed by atoms with Crippen LogP contribution >= 0.6 is 0 Å². The Kier molecular flexibility index (Phi) is 5.14. The summed E-state index contributed by atoms with van der Waals surface area (Å²) in [5.41, 5.74) is -0.273. The average Bonchev–Trinajstić information content (AvgIpc) is 1.95. The lowest BCUT2D eigenvalue weighted by atomic mass is 9.77. The van der Waals surface area contributed by atoms with Crippen LogP contribution < -0.4 is 0 Å². The third-order valence-corrected chi connectivity index (χ3v) is 2.79. The zero-order valence-corrected chi connectivity index (χ0v) is 10.9. The lowest BCUT2D eigenvalue weighted by molar-refractivity contribution is -0.00361. The molecule has 1 heteroatoms. The first-order valence-corrected chi connectivity index (χ1v) is 5.92. The first-order chi connectivity index (χ1) is 6.20. The first-order valence-electron chi connectivity index (χ1n) is 5.92. The Morgan fingerprint density at radius 2 is 1.43 bits per heavy atom. The van der Waals surface area contributed by atoms with Crippen LogP contribution in [-0.4, -0.2) is 10.7 Å². The molecule has 0 aromatic heterocycles. The third kappa shape index (κ3) is 6.42. The standard InChI is InChI=1S/C13H28O/c1-7-11(8-2)9-13(6,14)10-12(3,4)5/h11,14H,7-10H2,1-6H3. The molecule has 0 heterocycles. The molecule has 1 nitrogen and oxygen atoms in total. The maximum Gasteiger partial charge on any atom is 0.0627 e. The van der Waals surface area contributed by atoms with Gasteiger partial charge in [-0.3, -0.25) is 0 Å². The molecule has 0 aliphatic carbocycles. The van der Waals surface area contributed by atoms with Crippen molar-refractivity contribution < 1.29 is 5.11 Å². The van der Waals surface area contributed by atoms with E-state index in [0.29, 0.717) is 5.92 Å². The van der Waals surface area contributed by atoms with Crippen LogP contribution in [0.25, 0.3) is 0 Å². The quantitative estimate of drug-likeness (QED) is 0.711. The highest BCUT2D eigenvalue weighted by Crippen LogP contribution is 2.32. The van der Waals surface area contributed by atoms with E-state index in [2.05, 4.69) is 34.6 Å². The van der Waals surface area contributed by atoms with E-state index in [4.69, 9.17) is 0 Å². The van der Waals surface area contributed by atoms with Gasteiger partial charge in [-0.05, 0) is 31.1 Å². The molecule has 0 saturated heterocycles. The largest absolute Gasteiger partial charge is 0.390 e. The first kappa shape index (κ1) is 14.0. The Morgan fingerprint density at radius 1 is 1.00 bits per heavy atom. The van der Waals surface area contributed by atoms with Crippen molar-refractivity contribution in [3.05, 3.63) is 0 Å². The lowest BCUT2D eigenvalue weighted by Crippen LogP contribution is -2.32. The molecule has 0 aliphatic rings. The van der Waals surface area contributed by atoms with E-state index >= 15 is 0 Å². The molecule has 86 valence electrons. The van der Waals surface area contributed by atoms with Gasteiger partial charge in [0, 0.05) is 0 Å². The summed E-state index contributed by atoms with van der Waals surface area (Å²) in [6, 6.07) is 0. The molecule has 0 aliphatic heterocycles. The number of rotatable bonds is 5. The Hall–Kier alpha value is -0.0400. The highest BCUT2D eigenvalue weighted by molar-refractivity contribution is 4.81. The second kappa shape index (κ2) is 5.16. The molecule has 1 unspecified atom stereocenters. The Morgan fingerprint density at radius 3 is 1.71 bits per heavy atom. The maximum atomic E-state index is 10.3. The van der Waals surface area contributed by atoms with Gasteiger partial charge in [-0.2, -0.15) is 0 Å².